The molecule has 0 nitrogen and oxygen atoms in total. The third-order valence-electron chi connectivity index (χ3n) is 15.6. The molecular formula is C74H66. The van der Waals surface area contributed by atoms with Crippen molar-refractivity contribution in [2.45, 2.75) is 78.6 Å². The van der Waals surface area contributed by atoms with Crippen LogP contribution in [0.3, 0.4) is 0 Å². The molecule has 0 heteroatoms. The predicted octanol–water partition coefficient (Wildman–Crippen LogP) is 20.8. The summed E-state index contributed by atoms with van der Waals surface area (Å²) >= 11 is 0. The van der Waals surface area contributed by atoms with E-state index in [1.54, 1.807) is 0 Å². The second-order valence-electron chi connectivity index (χ2n) is 21.2. The van der Waals surface area contributed by atoms with E-state index >= 15 is 0 Å². The van der Waals surface area contributed by atoms with Crippen molar-refractivity contribution in [3.8, 4) is 66.8 Å². The molecule has 0 saturated heterocycles. The molecule has 0 N–H and O–H groups in total. The van der Waals surface area contributed by atoms with Crippen molar-refractivity contribution in [3.63, 3.8) is 0 Å². The van der Waals surface area contributed by atoms with Gasteiger partial charge >= 0.3 is 0 Å². The van der Waals surface area contributed by atoms with E-state index in [-0.39, 0.29) is 5.41 Å². The number of benzene rings is 11. The van der Waals surface area contributed by atoms with Crippen molar-refractivity contribution in [1.29, 1.82) is 0 Å². The van der Waals surface area contributed by atoms with Crippen LogP contribution in [0.1, 0.15) is 84.9 Å². The van der Waals surface area contributed by atoms with Gasteiger partial charge in [0.05, 0.1) is 0 Å². The molecule has 0 atom stereocenters. The Morgan fingerprint density at radius 2 is 0.878 bits per heavy atom. The second-order valence-corrected chi connectivity index (χ2v) is 21.2. The van der Waals surface area contributed by atoms with Gasteiger partial charge in [0.2, 0.25) is 0 Å². The minimum absolute atomic E-state index is 0.0709. The first-order valence-electron chi connectivity index (χ1n) is 26.8. The normalized spacial score (nSPS) is 13.1. The largest absolute Gasteiger partial charge is 0.0651 e. The highest BCUT2D eigenvalue weighted by Gasteiger charge is 2.35. The highest BCUT2D eigenvalue weighted by Crippen LogP contribution is 2.51. The van der Waals surface area contributed by atoms with E-state index in [4.69, 9.17) is 0 Å². The van der Waals surface area contributed by atoms with Crippen molar-refractivity contribution >= 4 is 21.5 Å². The Kier molecular flexibility index (Phi) is 13.6. The van der Waals surface area contributed by atoms with Crippen LogP contribution in [0, 0.1) is 20.8 Å². The highest BCUT2D eigenvalue weighted by atomic mass is 14.4. The van der Waals surface area contributed by atoms with Gasteiger partial charge < -0.3 is 0 Å². The SMILES string of the molecule is CCCc1ccc(-c2cc3ccccc3c3ccccc23)cc1.Cc1ccc(-c2ccc(-c3cccc(-c4ccccc4C)c3C3CC3)cc2)cc1.Cc1ccc2c(c1)C(C)(C)c1cc(-c3ccccc3)ccc1-2. The molecule has 11 aromatic rings. The van der Waals surface area contributed by atoms with Gasteiger partial charge in [0.25, 0.3) is 0 Å². The fraction of sp³-hybridized carbons (Fsp3) is 0.162. The van der Waals surface area contributed by atoms with E-state index < -0.39 is 0 Å². The smallest absolute Gasteiger partial charge is 0.0159 e. The Labute approximate surface area is 440 Å². The van der Waals surface area contributed by atoms with Gasteiger partial charge in [0, 0.05) is 5.41 Å². The third kappa shape index (κ3) is 9.78. The van der Waals surface area contributed by atoms with Gasteiger partial charge in [-0.3, -0.25) is 0 Å². The second kappa shape index (κ2) is 20.8. The van der Waals surface area contributed by atoms with Gasteiger partial charge in [-0.15, -0.1) is 0 Å². The van der Waals surface area contributed by atoms with E-state index in [9.17, 15) is 0 Å². The number of rotatable bonds is 8. The molecule has 0 aromatic heterocycles. The highest BCUT2D eigenvalue weighted by molar-refractivity contribution is 6.13. The first-order valence-corrected chi connectivity index (χ1v) is 26.8. The van der Waals surface area contributed by atoms with E-state index in [1.165, 1.54) is 147 Å². The Morgan fingerprint density at radius 3 is 1.58 bits per heavy atom. The molecule has 0 amide bonds. The Hall–Kier alpha value is -8.06. The standard InChI is InChI=1S/C29H26.C23H20.C22H20/c1-20-10-12-22(13-11-20)23-14-16-24(17-15-23)27-8-5-9-28(29(27)25-18-19-25)26-7-4-3-6-21(26)2;1-2-7-17-12-14-18(15-13-17)23-16-19-8-3-4-9-20(19)21-10-5-6-11-22(21)23;1-15-9-11-18-19-12-10-17(16-7-5-4-6-8-16)14-21(19)22(2,3)20(18)13-15/h3-17,25H,18-19H2,1-2H3;3-6,8-16H,2,7H2,1H3;4-14H,1-3H3. The number of aryl methyl sites for hydroxylation is 4. The molecular weight excluding hydrogens is 889 g/mol. The fourth-order valence-electron chi connectivity index (χ4n) is 11.4. The quantitative estimate of drug-likeness (QED) is 0.133. The molecule has 2 aliphatic rings. The predicted molar refractivity (Wildman–Crippen MR) is 319 cm³/mol. The lowest BCUT2D eigenvalue weighted by Gasteiger charge is -2.22. The molecule has 13 rings (SSSR count). The Morgan fingerprint density at radius 1 is 0.365 bits per heavy atom. The number of fused-ring (bicyclic) bond motifs is 6. The van der Waals surface area contributed by atoms with Crippen molar-refractivity contribution in [1.82, 2.24) is 0 Å². The summed E-state index contributed by atoms with van der Waals surface area (Å²) in [6.07, 6.45) is 4.95. The van der Waals surface area contributed by atoms with Gasteiger partial charge in [-0.1, -0.05) is 263 Å². The maximum atomic E-state index is 2.38. The summed E-state index contributed by atoms with van der Waals surface area (Å²) in [7, 11) is 0. The van der Waals surface area contributed by atoms with Gasteiger partial charge in [-0.2, -0.15) is 0 Å². The molecule has 0 radical (unpaired) electrons. The zero-order valence-electron chi connectivity index (χ0n) is 43.9. The van der Waals surface area contributed by atoms with Crippen molar-refractivity contribution in [2.24, 2.45) is 0 Å². The van der Waals surface area contributed by atoms with E-state index in [1.807, 2.05) is 0 Å². The number of hydrogen-bond donors (Lipinski definition) is 0. The van der Waals surface area contributed by atoms with E-state index in [2.05, 4.69) is 278 Å². The van der Waals surface area contributed by atoms with Crippen LogP contribution in [0.25, 0.3) is 88.3 Å². The van der Waals surface area contributed by atoms with Gasteiger partial charge in [0.1, 0.15) is 0 Å². The Bertz CT molecular complexity index is 3750. The number of hydrogen-bond acceptors (Lipinski definition) is 0. The lowest BCUT2D eigenvalue weighted by molar-refractivity contribution is 0.660. The molecule has 1 saturated carbocycles. The summed E-state index contributed by atoms with van der Waals surface area (Å²) in [5, 5.41) is 5.29. The molecule has 11 aromatic carbocycles. The monoisotopic (exact) mass is 955 g/mol. The average Bonchev–Trinajstić information content (AvgIpc) is 4.27. The Balaban J connectivity index is 0.000000121. The molecule has 0 unspecified atom stereocenters. The fourth-order valence-corrected chi connectivity index (χ4v) is 11.4. The van der Waals surface area contributed by atoms with Crippen LogP contribution < -0.4 is 0 Å². The maximum absolute atomic E-state index is 2.38. The average molecular weight is 955 g/mol. The molecule has 362 valence electrons. The van der Waals surface area contributed by atoms with E-state index in [0.717, 1.165) is 6.42 Å². The van der Waals surface area contributed by atoms with Gasteiger partial charge in [-0.05, 0) is 174 Å². The van der Waals surface area contributed by atoms with Crippen molar-refractivity contribution < 1.29 is 0 Å². The molecule has 1 fully saturated rings. The van der Waals surface area contributed by atoms with Crippen LogP contribution >= 0.6 is 0 Å². The first-order chi connectivity index (χ1) is 36.1. The molecule has 2 aliphatic carbocycles. The third-order valence-corrected chi connectivity index (χ3v) is 15.6. The van der Waals surface area contributed by atoms with Crippen LogP contribution in [-0.4, -0.2) is 0 Å². The lowest BCUT2D eigenvalue weighted by Crippen LogP contribution is -2.15. The summed E-state index contributed by atoms with van der Waals surface area (Å²) in [4.78, 5) is 0. The summed E-state index contributed by atoms with van der Waals surface area (Å²) in [5.74, 6) is 0.692. The maximum Gasteiger partial charge on any atom is 0.0159 e. The summed E-state index contributed by atoms with van der Waals surface area (Å²) in [6, 6.07) is 86.6. The minimum atomic E-state index is 0.0709. The lowest BCUT2D eigenvalue weighted by atomic mass is 9.81. The molecule has 0 heterocycles. The van der Waals surface area contributed by atoms with Crippen LogP contribution in [0.5, 0.6) is 0 Å². The van der Waals surface area contributed by atoms with Gasteiger partial charge in [-0.25, -0.2) is 0 Å². The van der Waals surface area contributed by atoms with Crippen molar-refractivity contribution in [2.75, 3.05) is 0 Å². The first kappa shape index (κ1) is 48.2. The van der Waals surface area contributed by atoms with Crippen LogP contribution in [0.4, 0.5) is 0 Å². The van der Waals surface area contributed by atoms with Crippen LogP contribution in [-0.2, 0) is 11.8 Å². The minimum Gasteiger partial charge on any atom is -0.0651 e. The summed E-state index contributed by atoms with van der Waals surface area (Å²) in [6.45, 7) is 13.4. The van der Waals surface area contributed by atoms with E-state index in [0.29, 0.717) is 5.92 Å². The van der Waals surface area contributed by atoms with Crippen molar-refractivity contribution in [3.05, 3.63) is 276 Å². The molecule has 74 heavy (non-hydrogen) atoms. The van der Waals surface area contributed by atoms with Gasteiger partial charge in [0.15, 0.2) is 0 Å². The molecule has 0 aliphatic heterocycles. The summed E-state index contributed by atoms with van der Waals surface area (Å²) < 4.78 is 0. The molecule has 0 bridgehead atoms. The molecule has 0 spiro atoms. The van der Waals surface area contributed by atoms with Crippen LogP contribution in [0.15, 0.2) is 237 Å². The zero-order chi connectivity index (χ0) is 50.8. The van der Waals surface area contributed by atoms with Crippen LogP contribution in [0.2, 0.25) is 0 Å². The zero-order valence-corrected chi connectivity index (χ0v) is 43.9. The summed E-state index contributed by atoms with van der Waals surface area (Å²) in [5.41, 5.74) is 25.9. The topological polar surface area (TPSA) is 0 Å².